The van der Waals surface area contributed by atoms with Crippen LogP contribution in [0.2, 0.25) is 0 Å². The normalized spacial score (nSPS) is 10.6. The molecule has 131 valence electrons. The monoisotopic (exact) mass is 349 g/mol. The lowest BCUT2D eigenvalue weighted by Gasteiger charge is -2.19. The maximum atomic E-state index is 13.4. The number of halogens is 2. The molecule has 0 aromatic heterocycles. The van der Waals surface area contributed by atoms with Gasteiger partial charge in [-0.1, -0.05) is 30.3 Å². The highest BCUT2D eigenvalue weighted by molar-refractivity contribution is 5.88. The molecule has 0 saturated heterocycles. The van der Waals surface area contributed by atoms with Gasteiger partial charge in [0.25, 0.3) is 0 Å². The molecule has 3 aromatic rings. The SMILES string of the molecule is C=CCc1c[c]c(-c2ccc(F)cc2)c(-c2ccc(F)cc2)c1OCC. The smallest absolute Gasteiger partial charge is 0.131 e. The van der Waals surface area contributed by atoms with Crippen LogP contribution >= 0.6 is 0 Å². The van der Waals surface area contributed by atoms with Crippen LogP contribution in [0.25, 0.3) is 22.3 Å². The van der Waals surface area contributed by atoms with Crippen molar-refractivity contribution in [1.29, 1.82) is 0 Å². The van der Waals surface area contributed by atoms with Gasteiger partial charge in [-0.05, 0) is 66.4 Å². The number of ether oxygens (including phenoxy) is 1. The second-order valence-corrected chi connectivity index (χ2v) is 5.83. The second kappa shape index (κ2) is 7.96. The van der Waals surface area contributed by atoms with Gasteiger partial charge >= 0.3 is 0 Å². The highest BCUT2D eigenvalue weighted by atomic mass is 19.1. The third kappa shape index (κ3) is 3.67. The van der Waals surface area contributed by atoms with Crippen LogP contribution in [0.15, 0.2) is 67.3 Å². The van der Waals surface area contributed by atoms with E-state index in [1.807, 2.05) is 13.0 Å². The van der Waals surface area contributed by atoms with Gasteiger partial charge in [0.05, 0.1) is 6.61 Å². The van der Waals surface area contributed by atoms with Crippen LogP contribution in [0.5, 0.6) is 5.75 Å². The largest absolute Gasteiger partial charge is 0.493 e. The van der Waals surface area contributed by atoms with Gasteiger partial charge in [0.15, 0.2) is 0 Å². The van der Waals surface area contributed by atoms with E-state index >= 15 is 0 Å². The van der Waals surface area contributed by atoms with E-state index < -0.39 is 0 Å². The molecule has 1 radical (unpaired) electrons. The van der Waals surface area contributed by atoms with E-state index in [-0.39, 0.29) is 11.6 Å². The van der Waals surface area contributed by atoms with Crippen molar-refractivity contribution >= 4 is 0 Å². The molecule has 3 heteroatoms. The summed E-state index contributed by atoms with van der Waals surface area (Å²) in [6.07, 6.45) is 2.43. The summed E-state index contributed by atoms with van der Waals surface area (Å²) in [7, 11) is 0. The average Bonchev–Trinajstić information content (AvgIpc) is 2.65. The van der Waals surface area contributed by atoms with Crippen molar-refractivity contribution in [3.05, 3.63) is 90.5 Å². The molecular weight excluding hydrogens is 330 g/mol. The zero-order valence-corrected chi connectivity index (χ0v) is 14.6. The first-order valence-corrected chi connectivity index (χ1v) is 8.47. The van der Waals surface area contributed by atoms with Gasteiger partial charge in [0, 0.05) is 11.1 Å². The molecule has 0 aliphatic rings. The molecule has 0 fully saturated rings. The third-order valence-electron chi connectivity index (χ3n) is 4.08. The van der Waals surface area contributed by atoms with Crippen molar-refractivity contribution in [3.63, 3.8) is 0 Å². The molecule has 0 unspecified atom stereocenters. The fraction of sp³-hybridized carbons (Fsp3) is 0.130. The lowest BCUT2D eigenvalue weighted by Crippen LogP contribution is -2.01. The Morgan fingerprint density at radius 1 is 0.962 bits per heavy atom. The van der Waals surface area contributed by atoms with E-state index in [9.17, 15) is 8.78 Å². The third-order valence-corrected chi connectivity index (χ3v) is 4.08. The Morgan fingerprint density at radius 2 is 1.54 bits per heavy atom. The number of allylic oxidation sites excluding steroid dienone is 1. The summed E-state index contributed by atoms with van der Waals surface area (Å²) in [4.78, 5) is 0. The summed E-state index contributed by atoms with van der Waals surface area (Å²) in [6, 6.07) is 17.7. The molecular formula is C23H19F2O. The molecule has 0 aliphatic heterocycles. The maximum Gasteiger partial charge on any atom is 0.131 e. The van der Waals surface area contributed by atoms with E-state index in [0.717, 1.165) is 33.6 Å². The lowest BCUT2D eigenvalue weighted by atomic mass is 9.90. The van der Waals surface area contributed by atoms with Crippen molar-refractivity contribution in [2.75, 3.05) is 6.61 Å². The molecule has 0 spiro atoms. The Morgan fingerprint density at radius 3 is 2.08 bits per heavy atom. The number of benzene rings is 3. The highest BCUT2D eigenvalue weighted by Gasteiger charge is 2.18. The highest BCUT2D eigenvalue weighted by Crippen LogP contribution is 2.41. The topological polar surface area (TPSA) is 9.23 Å². The summed E-state index contributed by atoms with van der Waals surface area (Å²) in [6.45, 7) is 6.21. The van der Waals surface area contributed by atoms with Gasteiger partial charge in [-0.2, -0.15) is 0 Å². The molecule has 26 heavy (non-hydrogen) atoms. The summed E-state index contributed by atoms with van der Waals surface area (Å²) < 4.78 is 32.7. The zero-order chi connectivity index (χ0) is 18.5. The number of hydrogen-bond donors (Lipinski definition) is 0. The Labute approximate surface area is 152 Å². The van der Waals surface area contributed by atoms with E-state index in [1.54, 1.807) is 30.3 Å². The van der Waals surface area contributed by atoms with Crippen LogP contribution in [0, 0.1) is 17.7 Å². The van der Waals surface area contributed by atoms with Crippen molar-refractivity contribution in [2.45, 2.75) is 13.3 Å². The lowest BCUT2D eigenvalue weighted by molar-refractivity contribution is 0.338. The van der Waals surface area contributed by atoms with E-state index in [2.05, 4.69) is 12.6 Å². The predicted molar refractivity (Wildman–Crippen MR) is 101 cm³/mol. The van der Waals surface area contributed by atoms with Gasteiger partial charge in [0.2, 0.25) is 0 Å². The first-order chi connectivity index (χ1) is 12.6. The minimum absolute atomic E-state index is 0.301. The summed E-state index contributed by atoms with van der Waals surface area (Å²) in [5, 5.41) is 0. The van der Waals surface area contributed by atoms with E-state index in [4.69, 9.17) is 4.74 Å². The molecule has 0 atom stereocenters. The molecule has 0 saturated carbocycles. The Kier molecular flexibility index (Phi) is 5.47. The van der Waals surface area contributed by atoms with Crippen molar-refractivity contribution in [1.82, 2.24) is 0 Å². The molecule has 0 heterocycles. The minimum Gasteiger partial charge on any atom is -0.493 e. The van der Waals surface area contributed by atoms with Gasteiger partial charge in [0.1, 0.15) is 17.4 Å². The molecule has 0 amide bonds. The van der Waals surface area contributed by atoms with E-state index in [1.165, 1.54) is 24.3 Å². The van der Waals surface area contributed by atoms with Gasteiger partial charge in [-0.15, -0.1) is 6.58 Å². The molecule has 0 aliphatic carbocycles. The summed E-state index contributed by atoms with van der Waals surface area (Å²) >= 11 is 0. The predicted octanol–water partition coefficient (Wildman–Crippen LogP) is 6.23. The molecule has 3 rings (SSSR count). The van der Waals surface area contributed by atoms with Gasteiger partial charge in [-0.3, -0.25) is 0 Å². The fourth-order valence-corrected chi connectivity index (χ4v) is 2.92. The second-order valence-electron chi connectivity index (χ2n) is 5.83. The summed E-state index contributed by atoms with van der Waals surface area (Å²) in [5.41, 5.74) is 4.19. The van der Waals surface area contributed by atoms with Crippen molar-refractivity contribution in [2.24, 2.45) is 0 Å². The average molecular weight is 349 g/mol. The number of hydrogen-bond acceptors (Lipinski definition) is 1. The number of rotatable bonds is 6. The molecule has 0 bridgehead atoms. The first-order valence-electron chi connectivity index (χ1n) is 8.47. The maximum absolute atomic E-state index is 13.4. The van der Waals surface area contributed by atoms with Crippen LogP contribution in [0.4, 0.5) is 8.78 Å². The van der Waals surface area contributed by atoms with Crippen LogP contribution in [0.1, 0.15) is 12.5 Å². The van der Waals surface area contributed by atoms with Crippen molar-refractivity contribution < 1.29 is 13.5 Å². The first kappa shape index (κ1) is 17.9. The van der Waals surface area contributed by atoms with Crippen LogP contribution < -0.4 is 4.74 Å². The Bertz CT molecular complexity index is 897. The molecule has 0 N–H and O–H groups in total. The zero-order valence-electron chi connectivity index (χ0n) is 14.6. The molecule has 1 nitrogen and oxygen atoms in total. The van der Waals surface area contributed by atoms with Crippen LogP contribution in [0.3, 0.4) is 0 Å². The quantitative estimate of drug-likeness (QED) is 0.480. The van der Waals surface area contributed by atoms with Crippen molar-refractivity contribution in [3.8, 4) is 28.0 Å². The van der Waals surface area contributed by atoms with E-state index in [0.29, 0.717) is 13.0 Å². The van der Waals surface area contributed by atoms with Crippen LogP contribution in [-0.4, -0.2) is 6.61 Å². The Hall–Kier alpha value is -2.94. The molecule has 3 aromatic carbocycles. The van der Waals surface area contributed by atoms with Gasteiger partial charge < -0.3 is 4.74 Å². The van der Waals surface area contributed by atoms with Gasteiger partial charge in [-0.25, -0.2) is 8.78 Å². The summed E-state index contributed by atoms with van der Waals surface area (Å²) in [5.74, 6) is 0.115. The van der Waals surface area contributed by atoms with Crippen LogP contribution in [-0.2, 0) is 6.42 Å². The Balaban J connectivity index is 2.29. The fourth-order valence-electron chi connectivity index (χ4n) is 2.92. The standard InChI is InChI=1S/C23H19F2O/c1-3-5-18-10-15-21(16-6-11-19(24)12-7-16)22(23(18)26-4-2)17-8-13-20(25)14-9-17/h3,6-14H,1,4-5H2,2H3. The minimum atomic E-state index is -0.304.